The number of hydrogen-bond acceptors (Lipinski definition) is 3. The number of rotatable bonds is 6. The summed E-state index contributed by atoms with van der Waals surface area (Å²) in [6.07, 6.45) is 10.1. The highest BCUT2D eigenvalue weighted by Gasteiger charge is 2.28. The lowest BCUT2D eigenvalue weighted by Gasteiger charge is -2.32. The van der Waals surface area contributed by atoms with Crippen LogP contribution in [0.1, 0.15) is 57.8 Å². The molecule has 2 fully saturated rings. The molecule has 2 amide bonds. The number of amides is 2. The number of nitrogens with one attached hydrogen (secondary N) is 1. The van der Waals surface area contributed by atoms with Gasteiger partial charge < -0.3 is 16.0 Å². The quantitative estimate of drug-likeness (QED) is 0.773. The predicted molar refractivity (Wildman–Crippen MR) is 94.4 cm³/mol. The molecule has 0 spiro atoms. The van der Waals surface area contributed by atoms with Gasteiger partial charge in [0.1, 0.15) is 0 Å². The molecule has 2 rings (SSSR count). The monoisotopic (exact) mass is 345 g/mol. The largest absolute Gasteiger partial charge is 0.355 e. The molecular weight excluding hydrogens is 314 g/mol. The Morgan fingerprint density at radius 2 is 1.83 bits per heavy atom. The van der Waals surface area contributed by atoms with Gasteiger partial charge in [-0.2, -0.15) is 0 Å². The van der Waals surface area contributed by atoms with Crippen LogP contribution in [0.3, 0.4) is 0 Å². The molecule has 1 heterocycles. The fourth-order valence-electron chi connectivity index (χ4n) is 3.72. The molecule has 3 N–H and O–H groups in total. The summed E-state index contributed by atoms with van der Waals surface area (Å²) >= 11 is 0. The van der Waals surface area contributed by atoms with E-state index in [1.54, 1.807) is 0 Å². The summed E-state index contributed by atoms with van der Waals surface area (Å²) in [6.45, 7) is 2.37. The van der Waals surface area contributed by atoms with Crippen molar-refractivity contribution in [2.24, 2.45) is 17.6 Å². The minimum absolute atomic E-state index is 0. The second-order valence-corrected chi connectivity index (χ2v) is 6.80. The number of nitrogens with zero attached hydrogens (tertiary/aromatic N) is 1. The molecule has 1 atom stereocenters. The first-order chi connectivity index (χ1) is 10.7. The van der Waals surface area contributed by atoms with Crippen molar-refractivity contribution in [1.29, 1.82) is 0 Å². The highest BCUT2D eigenvalue weighted by Crippen LogP contribution is 2.28. The highest BCUT2D eigenvalue weighted by atomic mass is 35.5. The summed E-state index contributed by atoms with van der Waals surface area (Å²) in [5, 5.41) is 2.84. The maximum atomic E-state index is 12.4. The molecule has 1 aliphatic heterocycles. The van der Waals surface area contributed by atoms with Crippen molar-refractivity contribution >= 4 is 24.2 Å². The van der Waals surface area contributed by atoms with Crippen molar-refractivity contribution < 1.29 is 9.59 Å². The van der Waals surface area contributed by atoms with E-state index in [0.29, 0.717) is 26.1 Å². The average Bonchev–Trinajstić information content (AvgIpc) is 2.58. The van der Waals surface area contributed by atoms with Gasteiger partial charge in [-0.3, -0.25) is 9.59 Å². The Kier molecular flexibility index (Phi) is 9.56. The number of likely N-dealkylation sites (tertiary alicyclic amines) is 1. The zero-order valence-electron chi connectivity index (χ0n) is 14.1. The number of nitrogens with two attached hydrogens (primary N) is 1. The van der Waals surface area contributed by atoms with Gasteiger partial charge in [-0.1, -0.05) is 32.1 Å². The third-order valence-electron chi connectivity index (χ3n) is 5.08. The standard InChI is InChI=1S/C17H31N3O2.ClH/c18-10-11-19-17(22)15-7-4-12-20(13-15)16(21)9-8-14-5-2-1-3-6-14;/h14-15H,1-13,18H2,(H,19,22);1H. The Bertz CT molecular complexity index is 373. The van der Waals surface area contributed by atoms with Gasteiger partial charge in [0, 0.05) is 32.6 Å². The molecule has 0 radical (unpaired) electrons. The minimum atomic E-state index is -0.0565. The molecule has 1 saturated carbocycles. The van der Waals surface area contributed by atoms with E-state index >= 15 is 0 Å². The topological polar surface area (TPSA) is 75.4 Å². The Morgan fingerprint density at radius 3 is 2.52 bits per heavy atom. The lowest BCUT2D eigenvalue weighted by Crippen LogP contribution is -2.46. The van der Waals surface area contributed by atoms with Crippen LogP contribution in [-0.4, -0.2) is 42.9 Å². The van der Waals surface area contributed by atoms with Gasteiger partial charge >= 0.3 is 0 Å². The molecule has 1 aliphatic carbocycles. The molecule has 23 heavy (non-hydrogen) atoms. The van der Waals surface area contributed by atoms with Crippen molar-refractivity contribution in [1.82, 2.24) is 10.2 Å². The number of halogens is 1. The minimum Gasteiger partial charge on any atom is -0.355 e. The van der Waals surface area contributed by atoms with Crippen LogP contribution < -0.4 is 11.1 Å². The van der Waals surface area contributed by atoms with E-state index in [2.05, 4.69) is 5.32 Å². The third kappa shape index (κ3) is 6.68. The van der Waals surface area contributed by atoms with Crippen LogP contribution in [0.15, 0.2) is 0 Å². The van der Waals surface area contributed by atoms with Crippen molar-refractivity contribution in [2.75, 3.05) is 26.2 Å². The van der Waals surface area contributed by atoms with Gasteiger partial charge in [-0.15, -0.1) is 12.4 Å². The van der Waals surface area contributed by atoms with E-state index in [9.17, 15) is 9.59 Å². The maximum Gasteiger partial charge on any atom is 0.224 e. The Hall–Kier alpha value is -0.810. The van der Waals surface area contributed by atoms with Gasteiger partial charge in [0.15, 0.2) is 0 Å². The van der Waals surface area contributed by atoms with Crippen LogP contribution in [0.2, 0.25) is 0 Å². The smallest absolute Gasteiger partial charge is 0.224 e. The number of hydrogen-bond donors (Lipinski definition) is 2. The Labute approximate surface area is 146 Å². The van der Waals surface area contributed by atoms with E-state index in [4.69, 9.17) is 5.73 Å². The fraction of sp³-hybridized carbons (Fsp3) is 0.882. The van der Waals surface area contributed by atoms with Crippen molar-refractivity contribution in [3.05, 3.63) is 0 Å². The molecular formula is C17H32ClN3O2. The summed E-state index contributed by atoms with van der Waals surface area (Å²) in [7, 11) is 0. The van der Waals surface area contributed by atoms with E-state index in [1.165, 1.54) is 32.1 Å². The highest BCUT2D eigenvalue weighted by molar-refractivity contribution is 5.85. The molecule has 0 aromatic rings. The van der Waals surface area contributed by atoms with Crippen LogP contribution in [0.25, 0.3) is 0 Å². The van der Waals surface area contributed by atoms with E-state index in [-0.39, 0.29) is 30.1 Å². The summed E-state index contributed by atoms with van der Waals surface area (Å²) in [5.74, 6) is 0.974. The van der Waals surface area contributed by atoms with E-state index < -0.39 is 0 Å². The van der Waals surface area contributed by atoms with Crippen LogP contribution in [0, 0.1) is 11.8 Å². The van der Waals surface area contributed by atoms with Gasteiger partial charge in [0.2, 0.25) is 11.8 Å². The number of carbonyl (C=O) groups is 2. The van der Waals surface area contributed by atoms with E-state index in [1.807, 2.05) is 4.90 Å². The van der Waals surface area contributed by atoms with Crippen molar-refractivity contribution in [3.63, 3.8) is 0 Å². The second kappa shape index (κ2) is 10.9. The molecule has 0 bridgehead atoms. The zero-order chi connectivity index (χ0) is 15.8. The number of carbonyl (C=O) groups excluding carboxylic acids is 2. The first kappa shape index (κ1) is 20.2. The van der Waals surface area contributed by atoms with Crippen molar-refractivity contribution in [2.45, 2.75) is 57.8 Å². The van der Waals surface area contributed by atoms with Crippen LogP contribution in [0.4, 0.5) is 0 Å². The Balaban J connectivity index is 0.00000264. The molecule has 2 aliphatic rings. The average molecular weight is 346 g/mol. The SMILES string of the molecule is Cl.NCCNC(=O)C1CCCN(C(=O)CCC2CCCCC2)C1. The normalized spacial score (nSPS) is 22.3. The molecule has 0 aromatic carbocycles. The van der Waals surface area contributed by atoms with E-state index in [0.717, 1.165) is 31.7 Å². The third-order valence-corrected chi connectivity index (χ3v) is 5.08. The number of piperidine rings is 1. The predicted octanol–water partition coefficient (Wildman–Crippen LogP) is 2.08. The van der Waals surface area contributed by atoms with Gasteiger partial charge in [0.05, 0.1) is 5.92 Å². The maximum absolute atomic E-state index is 12.4. The second-order valence-electron chi connectivity index (χ2n) is 6.80. The molecule has 1 saturated heterocycles. The summed E-state index contributed by atoms with van der Waals surface area (Å²) < 4.78 is 0. The lowest BCUT2D eigenvalue weighted by molar-refractivity contribution is -0.136. The summed E-state index contributed by atoms with van der Waals surface area (Å²) in [5.41, 5.74) is 5.41. The van der Waals surface area contributed by atoms with Crippen LogP contribution in [-0.2, 0) is 9.59 Å². The first-order valence-corrected chi connectivity index (χ1v) is 8.96. The van der Waals surface area contributed by atoms with Gasteiger partial charge in [-0.25, -0.2) is 0 Å². The lowest BCUT2D eigenvalue weighted by atomic mass is 9.86. The first-order valence-electron chi connectivity index (χ1n) is 8.96. The zero-order valence-corrected chi connectivity index (χ0v) is 14.9. The van der Waals surface area contributed by atoms with Crippen molar-refractivity contribution in [3.8, 4) is 0 Å². The Morgan fingerprint density at radius 1 is 1.09 bits per heavy atom. The molecule has 134 valence electrons. The molecule has 5 nitrogen and oxygen atoms in total. The molecule has 6 heteroatoms. The fourth-order valence-corrected chi connectivity index (χ4v) is 3.72. The summed E-state index contributed by atoms with van der Waals surface area (Å²) in [4.78, 5) is 26.3. The van der Waals surface area contributed by atoms with Crippen LogP contribution in [0.5, 0.6) is 0 Å². The van der Waals surface area contributed by atoms with Gasteiger partial charge in [-0.05, 0) is 25.2 Å². The van der Waals surface area contributed by atoms with Gasteiger partial charge in [0.25, 0.3) is 0 Å². The van der Waals surface area contributed by atoms with Crippen LogP contribution >= 0.6 is 12.4 Å². The molecule has 0 aromatic heterocycles. The summed E-state index contributed by atoms with van der Waals surface area (Å²) in [6, 6.07) is 0. The molecule has 1 unspecified atom stereocenters.